The maximum absolute atomic E-state index is 14.1. The van der Waals surface area contributed by atoms with Crippen LogP contribution in [0.2, 0.25) is 5.02 Å². The molecule has 0 aliphatic carbocycles. The van der Waals surface area contributed by atoms with Gasteiger partial charge in [-0.1, -0.05) is 17.7 Å². The number of halogens is 4. The summed E-state index contributed by atoms with van der Waals surface area (Å²) < 4.78 is 42.1. The molecule has 1 aromatic heterocycles. The minimum atomic E-state index is -1.38. The lowest BCUT2D eigenvalue weighted by Crippen LogP contribution is -2.06. The van der Waals surface area contributed by atoms with E-state index in [0.717, 1.165) is 12.1 Å². The van der Waals surface area contributed by atoms with Crippen molar-refractivity contribution in [1.82, 2.24) is 9.78 Å². The van der Waals surface area contributed by atoms with Gasteiger partial charge < -0.3 is 5.11 Å². The lowest BCUT2D eigenvalue weighted by molar-refractivity contribution is 0.214. The molecule has 0 aliphatic rings. The maximum atomic E-state index is 14.1. The Kier molecular flexibility index (Phi) is 4.58. The molecule has 1 unspecified atom stereocenters. The molecule has 0 amide bonds. The molecule has 130 valence electrons. The van der Waals surface area contributed by atoms with Crippen molar-refractivity contribution in [3.05, 3.63) is 75.7 Å². The summed E-state index contributed by atoms with van der Waals surface area (Å²) in [5.74, 6) is -2.11. The second kappa shape index (κ2) is 6.54. The van der Waals surface area contributed by atoms with Gasteiger partial charge in [0.15, 0.2) is 0 Å². The third-order valence-corrected chi connectivity index (χ3v) is 4.30. The van der Waals surface area contributed by atoms with E-state index >= 15 is 0 Å². The predicted molar refractivity (Wildman–Crippen MR) is 88.8 cm³/mol. The van der Waals surface area contributed by atoms with Crippen molar-refractivity contribution in [2.45, 2.75) is 13.0 Å². The Labute approximate surface area is 147 Å². The van der Waals surface area contributed by atoms with Gasteiger partial charge >= 0.3 is 0 Å². The normalized spacial score (nSPS) is 12.4. The number of hydrogen-bond acceptors (Lipinski definition) is 2. The fourth-order valence-electron chi connectivity index (χ4n) is 2.88. The van der Waals surface area contributed by atoms with E-state index in [1.165, 1.54) is 22.9 Å². The van der Waals surface area contributed by atoms with Gasteiger partial charge in [-0.05, 0) is 31.2 Å². The molecule has 1 atom stereocenters. The molecule has 0 bridgehead atoms. The molecular weight excluding hydrogens is 353 g/mol. The summed E-state index contributed by atoms with van der Waals surface area (Å²) in [4.78, 5) is 0. The van der Waals surface area contributed by atoms with Crippen molar-refractivity contribution in [3.8, 4) is 11.3 Å². The molecule has 2 aromatic carbocycles. The number of benzene rings is 2. The van der Waals surface area contributed by atoms with Gasteiger partial charge in [0, 0.05) is 29.8 Å². The summed E-state index contributed by atoms with van der Waals surface area (Å²) in [7, 11) is 1.64. The van der Waals surface area contributed by atoms with Crippen LogP contribution in [0.5, 0.6) is 0 Å². The zero-order valence-corrected chi connectivity index (χ0v) is 14.2. The average molecular weight is 367 g/mol. The van der Waals surface area contributed by atoms with Crippen LogP contribution in [-0.2, 0) is 7.05 Å². The molecule has 7 heteroatoms. The van der Waals surface area contributed by atoms with Crippen molar-refractivity contribution < 1.29 is 18.3 Å². The lowest BCUT2D eigenvalue weighted by Gasteiger charge is -2.15. The summed E-state index contributed by atoms with van der Waals surface area (Å²) in [6, 6.07) is 6.79. The van der Waals surface area contributed by atoms with E-state index in [-0.39, 0.29) is 10.6 Å². The van der Waals surface area contributed by atoms with E-state index in [9.17, 15) is 18.3 Å². The summed E-state index contributed by atoms with van der Waals surface area (Å²) in [5.41, 5.74) is 1.56. The van der Waals surface area contributed by atoms with Crippen LogP contribution in [0.1, 0.15) is 22.9 Å². The molecule has 0 saturated heterocycles. The minimum absolute atomic E-state index is 0.0861. The van der Waals surface area contributed by atoms with Crippen LogP contribution in [0, 0.1) is 24.4 Å². The Bertz CT molecular complexity index is 956. The Morgan fingerprint density at radius 3 is 2.36 bits per heavy atom. The van der Waals surface area contributed by atoms with Gasteiger partial charge in [-0.3, -0.25) is 4.68 Å². The largest absolute Gasteiger partial charge is 0.383 e. The second-order valence-corrected chi connectivity index (χ2v) is 6.07. The first-order valence-electron chi connectivity index (χ1n) is 7.41. The number of hydrogen-bond donors (Lipinski definition) is 1. The highest BCUT2D eigenvalue weighted by atomic mass is 35.5. The van der Waals surface area contributed by atoms with E-state index in [4.69, 9.17) is 11.6 Å². The van der Waals surface area contributed by atoms with E-state index in [1.54, 1.807) is 14.0 Å². The second-order valence-electron chi connectivity index (χ2n) is 5.66. The van der Waals surface area contributed by atoms with Crippen molar-refractivity contribution in [1.29, 1.82) is 0 Å². The van der Waals surface area contributed by atoms with E-state index in [2.05, 4.69) is 5.10 Å². The highest BCUT2D eigenvalue weighted by Crippen LogP contribution is 2.38. The third-order valence-electron chi connectivity index (χ3n) is 3.99. The number of aromatic nitrogens is 2. The molecule has 0 spiro atoms. The molecule has 3 nitrogen and oxygen atoms in total. The van der Waals surface area contributed by atoms with E-state index in [1.807, 2.05) is 0 Å². The first kappa shape index (κ1) is 17.5. The Morgan fingerprint density at radius 1 is 1.08 bits per heavy atom. The Hall–Kier alpha value is -2.31. The van der Waals surface area contributed by atoms with Gasteiger partial charge in [0.05, 0.1) is 16.4 Å². The molecular formula is C18H14ClF3N2O. The van der Waals surface area contributed by atoms with Crippen LogP contribution >= 0.6 is 11.6 Å². The van der Waals surface area contributed by atoms with Gasteiger partial charge in [0.2, 0.25) is 0 Å². The van der Waals surface area contributed by atoms with Gasteiger partial charge in [-0.25, -0.2) is 13.2 Å². The molecule has 3 rings (SSSR count). The number of aliphatic hydroxyl groups excluding tert-OH is 1. The summed E-state index contributed by atoms with van der Waals surface area (Å²) >= 11 is 6.13. The van der Waals surface area contributed by atoms with Crippen LogP contribution in [0.25, 0.3) is 11.3 Å². The van der Waals surface area contributed by atoms with Crippen LogP contribution in [0.15, 0.2) is 36.4 Å². The SMILES string of the molecule is Cc1nn(C)c(-c2ccc(F)cc2Cl)c1C(O)c1ccc(F)cc1F. The van der Waals surface area contributed by atoms with Crippen LogP contribution < -0.4 is 0 Å². The van der Waals surface area contributed by atoms with Gasteiger partial charge in [-0.2, -0.15) is 5.10 Å². The fourth-order valence-corrected chi connectivity index (χ4v) is 3.14. The van der Waals surface area contributed by atoms with Crippen LogP contribution in [0.3, 0.4) is 0 Å². The number of aryl methyl sites for hydroxylation is 2. The maximum Gasteiger partial charge on any atom is 0.132 e. The van der Waals surface area contributed by atoms with E-state index < -0.39 is 23.6 Å². The molecule has 25 heavy (non-hydrogen) atoms. The summed E-state index contributed by atoms with van der Waals surface area (Å²) in [6.45, 7) is 1.65. The van der Waals surface area contributed by atoms with Crippen molar-refractivity contribution in [2.24, 2.45) is 7.05 Å². The van der Waals surface area contributed by atoms with Crippen molar-refractivity contribution >= 4 is 11.6 Å². The predicted octanol–water partition coefficient (Wildman–Crippen LogP) is 4.55. The average Bonchev–Trinajstić information content (AvgIpc) is 2.81. The van der Waals surface area contributed by atoms with Crippen molar-refractivity contribution in [2.75, 3.05) is 0 Å². The topological polar surface area (TPSA) is 38.0 Å². The third kappa shape index (κ3) is 3.15. The summed E-state index contributed by atoms with van der Waals surface area (Å²) in [5, 5.41) is 15.1. The number of nitrogens with zero attached hydrogens (tertiary/aromatic N) is 2. The van der Waals surface area contributed by atoms with Gasteiger partial charge in [0.1, 0.15) is 23.6 Å². The van der Waals surface area contributed by atoms with Gasteiger partial charge in [-0.15, -0.1) is 0 Å². The zero-order chi connectivity index (χ0) is 18.3. The molecule has 1 heterocycles. The first-order chi connectivity index (χ1) is 11.8. The molecule has 0 aliphatic heterocycles. The van der Waals surface area contributed by atoms with Gasteiger partial charge in [0.25, 0.3) is 0 Å². The van der Waals surface area contributed by atoms with Crippen LogP contribution in [-0.4, -0.2) is 14.9 Å². The Balaban J connectivity index is 2.20. The summed E-state index contributed by atoms with van der Waals surface area (Å²) in [6.07, 6.45) is -1.38. The molecule has 1 N–H and O–H groups in total. The molecule has 0 fully saturated rings. The molecule has 3 aromatic rings. The van der Waals surface area contributed by atoms with Crippen molar-refractivity contribution in [3.63, 3.8) is 0 Å². The lowest BCUT2D eigenvalue weighted by atomic mass is 9.96. The zero-order valence-electron chi connectivity index (χ0n) is 13.4. The monoisotopic (exact) mass is 366 g/mol. The number of aliphatic hydroxyl groups is 1. The fraction of sp³-hybridized carbons (Fsp3) is 0.167. The van der Waals surface area contributed by atoms with Crippen LogP contribution in [0.4, 0.5) is 13.2 Å². The smallest absolute Gasteiger partial charge is 0.132 e. The van der Waals surface area contributed by atoms with E-state index in [0.29, 0.717) is 28.6 Å². The molecule has 0 radical (unpaired) electrons. The standard InChI is InChI=1S/C18H14ClF3N2O/c1-9-16(18(25)13-6-4-11(21)8-15(13)22)17(24(2)23-9)12-5-3-10(20)7-14(12)19/h3-8,18,25H,1-2H3. The highest BCUT2D eigenvalue weighted by molar-refractivity contribution is 6.33. The quantitative estimate of drug-likeness (QED) is 0.738. The Morgan fingerprint density at radius 2 is 1.72 bits per heavy atom. The highest BCUT2D eigenvalue weighted by Gasteiger charge is 2.26. The molecule has 0 saturated carbocycles. The minimum Gasteiger partial charge on any atom is -0.383 e. The number of rotatable bonds is 3. The first-order valence-corrected chi connectivity index (χ1v) is 7.79.